The molecule has 1 aromatic carbocycles. The number of hydrogen-bond acceptors (Lipinski definition) is 4. The molecule has 2 aliphatic heterocycles. The fourth-order valence-corrected chi connectivity index (χ4v) is 4.40. The maximum atomic E-state index is 13.8. The molecule has 0 N–H and O–H groups in total. The van der Waals surface area contributed by atoms with Crippen LogP contribution in [0.3, 0.4) is 0 Å². The van der Waals surface area contributed by atoms with Crippen LogP contribution in [0.2, 0.25) is 0 Å². The summed E-state index contributed by atoms with van der Waals surface area (Å²) in [6, 6.07) is 10.5. The molecule has 4 heterocycles. The van der Waals surface area contributed by atoms with Crippen molar-refractivity contribution in [2.24, 2.45) is 0 Å². The van der Waals surface area contributed by atoms with E-state index in [9.17, 15) is 13.2 Å². The van der Waals surface area contributed by atoms with E-state index in [0.29, 0.717) is 24.4 Å². The number of alkyl halides is 2. The van der Waals surface area contributed by atoms with E-state index < -0.39 is 5.92 Å². The lowest BCUT2D eigenvalue weighted by atomic mass is 10.0. The Morgan fingerprint density at radius 3 is 2.59 bits per heavy atom. The number of halogens is 3. The first-order valence-electron chi connectivity index (χ1n) is 10.00. The Labute approximate surface area is 166 Å². The zero-order valence-electron chi connectivity index (χ0n) is 15.9. The molecule has 152 valence electrons. The second-order valence-electron chi connectivity index (χ2n) is 7.88. The Kier molecular flexibility index (Phi) is 4.37. The minimum atomic E-state index is -2.68. The fourth-order valence-electron chi connectivity index (χ4n) is 4.40. The van der Waals surface area contributed by atoms with Gasteiger partial charge in [0.25, 0.3) is 5.92 Å². The Hall–Kier alpha value is -2.77. The summed E-state index contributed by atoms with van der Waals surface area (Å²) < 4.78 is 42.5. The van der Waals surface area contributed by atoms with Gasteiger partial charge in [-0.3, -0.25) is 0 Å². The number of benzene rings is 1. The van der Waals surface area contributed by atoms with Crippen LogP contribution in [0.1, 0.15) is 37.3 Å². The van der Waals surface area contributed by atoms with Crippen LogP contribution in [0.25, 0.3) is 5.65 Å². The van der Waals surface area contributed by atoms with Gasteiger partial charge in [-0.1, -0.05) is 12.1 Å². The van der Waals surface area contributed by atoms with Crippen LogP contribution >= 0.6 is 0 Å². The number of hydrogen-bond donors (Lipinski definition) is 0. The normalized spacial score (nSPS) is 21.8. The minimum Gasteiger partial charge on any atom is -0.349 e. The quantitative estimate of drug-likeness (QED) is 0.650. The highest BCUT2D eigenvalue weighted by atomic mass is 19.3. The number of nitrogens with zero attached hydrogens (tertiary/aromatic N) is 5. The molecule has 1 atom stereocenters. The standard InChI is InChI=1S/C21H22F3N5/c22-16-6-4-15(5-7-16)17-3-1-12-28(17)19-9-8-18-25-20(13-29(18)26-19)27-11-2-10-21(23,24)14-27/h4-9,13,17H,1-3,10-12,14H2. The highest BCUT2D eigenvalue weighted by Gasteiger charge is 2.36. The van der Waals surface area contributed by atoms with E-state index in [1.807, 2.05) is 24.3 Å². The third-order valence-corrected chi connectivity index (χ3v) is 5.81. The maximum Gasteiger partial charge on any atom is 0.265 e. The van der Waals surface area contributed by atoms with Gasteiger partial charge in [0, 0.05) is 19.5 Å². The van der Waals surface area contributed by atoms with E-state index in [-0.39, 0.29) is 24.8 Å². The fraction of sp³-hybridized carbons (Fsp3) is 0.429. The first-order chi connectivity index (χ1) is 14.0. The van der Waals surface area contributed by atoms with Gasteiger partial charge in [0.1, 0.15) is 17.5 Å². The van der Waals surface area contributed by atoms with Crippen molar-refractivity contribution in [3.63, 3.8) is 0 Å². The smallest absolute Gasteiger partial charge is 0.265 e. The molecule has 0 radical (unpaired) electrons. The van der Waals surface area contributed by atoms with Crippen molar-refractivity contribution in [1.29, 1.82) is 0 Å². The molecule has 5 nitrogen and oxygen atoms in total. The Bertz CT molecular complexity index is 1020. The highest BCUT2D eigenvalue weighted by molar-refractivity contribution is 5.54. The average Bonchev–Trinajstić information content (AvgIpc) is 3.34. The second-order valence-corrected chi connectivity index (χ2v) is 7.88. The van der Waals surface area contributed by atoms with E-state index in [1.165, 1.54) is 12.1 Å². The van der Waals surface area contributed by atoms with E-state index in [4.69, 9.17) is 5.10 Å². The van der Waals surface area contributed by atoms with Crippen LogP contribution in [-0.2, 0) is 0 Å². The van der Waals surface area contributed by atoms with Crippen LogP contribution in [0, 0.1) is 5.82 Å². The topological polar surface area (TPSA) is 36.7 Å². The van der Waals surface area contributed by atoms with E-state index in [0.717, 1.165) is 30.8 Å². The van der Waals surface area contributed by atoms with Crippen molar-refractivity contribution in [2.45, 2.75) is 37.6 Å². The summed E-state index contributed by atoms with van der Waals surface area (Å²) in [5, 5.41) is 4.69. The average molecular weight is 401 g/mol. The molecule has 2 aliphatic rings. The summed E-state index contributed by atoms with van der Waals surface area (Å²) in [5.41, 5.74) is 1.70. The van der Waals surface area contributed by atoms with E-state index in [1.54, 1.807) is 15.6 Å². The Morgan fingerprint density at radius 1 is 0.966 bits per heavy atom. The number of rotatable bonds is 3. The molecule has 3 aromatic rings. The summed E-state index contributed by atoms with van der Waals surface area (Å²) in [6.45, 7) is 1.13. The summed E-state index contributed by atoms with van der Waals surface area (Å²) in [7, 11) is 0. The molecule has 2 fully saturated rings. The van der Waals surface area contributed by atoms with Crippen molar-refractivity contribution in [1.82, 2.24) is 14.6 Å². The molecule has 0 aliphatic carbocycles. The van der Waals surface area contributed by atoms with Crippen LogP contribution in [0.4, 0.5) is 24.8 Å². The van der Waals surface area contributed by atoms with Crippen molar-refractivity contribution >= 4 is 17.3 Å². The number of anilines is 2. The summed E-state index contributed by atoms with van der Waals surface area (Å²) in [6.07, 6.45) is 4.11. The first-order valence-corrected chi connectivity index (χ1v) is 10.00. The van der Waals surface area contributed by atoms with Gasteiger partial charge in [-0.15, -0.1) is 5.10 Å². The van der Waals surface area contributed by atoms with Crippen LogP contribution in [0.5, 0.6) is 0 Å². The van der Waals surface area contributed by atoms with E-state index >= 15 is 0 Å². The van der Waals surface area contributed by atoms with Gasteiger partial charge < -0.3 is 9.80 Å². The third-order valence-electron chi connectivity index (χ3n) is 5.81. The summed E-state index contributed by atoms with van der Waals surface area (Å²) in [4.78, 5) is 8.33. The predicted molar refractivity (Wildman–Crippen MR) is 105 cm³/mol. The Balaban J connectivity index is 1.43. The SMILES string of the molecule is Fc1ccc(C2CCCN2c2ccc3nc(N4CCCC(F)(F)C4)cn3n2)cc1. The van der Waals surface area contributed by atoms with Gasteiger partial charge in [0.05, 0.1) is 18.8 Å². The summed E-state index contributed by atoms with van der Waals surface area (Å²) >= 11 is 0. The van der Waals surface area contributed by atoms with Crippen molar-refractivity contribution in [2.75, 3.05) is 29.4 Å². The zero-order valence-corrected chi connectivity index (χ0v) is 15.9. The molecule has 2 aromatic heterocycles. The maximum absolute atomic E-state index is 13.8. The molecular weight excluding hydrogens is 379 g/mol. The van der Waals surface area contributed by atoms with Gasteiger partial charge in [0.15, 0.2) is 5.65 Å². The molecule has 0 bridgehead atoms. The van der Waals surface area contributed by atoms with Gasteiger partial charge in [-0.2, -0.15) is 0 Å². The molecule has 0 amide bonds. The van der Waals surface area contributed by atoms with Crippen molar-refractivity contribution in [3.8, 4) is 0 Å². The zero-order chi connectivity index (χ0) is 20.0. The molecule has 1 unspecified atom stereocenters. The van der Waals surface area contributed by atoms with Crippen LogP contribution in [0.15, 0.2) is 42.6 Å². The van der Waals surface area contributed by atoms with Crippen molar-refractivity contribution in [3.05, 3.63) is 54.0 Å². The minimum absolute atomic E-state index is 0.0704. The molecular formula is C21H22F3N5. The van der Waals surface area contributed by atoms with Gasteiger partial charge >= 0.3 is 0 Å². The lowest BCUT2D eigenvalue weighted by Gasteiger charge is -2.32. The number of imidazole rings is 1. The first kappa shape index (κ1) is 18.3. The largest absolute Gasteiger partial charge is 0.349 e. The Morgan fingerprint density at radius 2 is 1.79 bits per heavy atom. The molecule has 8 heteroatoms. The number of piperidine rings is 1. The van der Waals surface area contributed by atoms with Crippen molar-refractivity contribution < 1.29 is 13.2 Å². The molecule has 0 saturated carbocycles. The van der Waals surface area contributed by atoms with Gasteiger partial charge in [-0.05, 0) is 49.1 Å². The molecule has 2 saturated heterocycles. The summed E-state index contributed by atoms with van der Waals surface area (Å²) in [5.74, 6) is -1.58. The predicted octanol–water partition coefficient (Wildman–Crippen LogP) is 4.45. The van der Waals surface area contributed by atoms with Gasteiger partial charge in [-0.25, -0.2) is 22.7 Å². The van der Waals surface area contributed by atoms with Gasteiger partial charge in [0.2, 0.25) is 0 Å². The highest BCUT2D eigenvalue weighted by Crippen LogP contribution is 2.35. The lowest BCUT2D eigenvalue weighted by Crippen LogP contribution is -2.42. The monoisotopic (exact) mass is 401 g/mol. The third kappa shape index (κ3) is 3.52. The molecule has 29 heavy (non-hydrogen) atoms. The molecule has 0 spiro atoms. The molecule has 5 rings (SSSR count). The van der Waals surface area contributed by atoms with E-state index in [2.05, 4.69) is 9.88 Å². The number of aromatic nitrogens is 3. The second kappa shape index (κ2) is 6.93. The van der Waals surface area contributed by atoms with Crippen LogP contribution in [-0.4, -0.2) is 40.2 Å². The van der Waals surface area contributed by atoms with Crippen LogP contribution < -0.4 is 9.80 Å². The lowest BCUT2D eigenvalue weighted by molar-refractivity contribution is -0.0118. The number of fused-ring (bicyclic) bond motifs is 1.